The molecule has 0 aliphatic carbocycles. The van der Waals surface area contributed by atoms with Crippen molar-refractivity contribution in [2.45, 2.75) is 33.5 Å². The van der Waals surface area contributed by atoms with Gasteiger partial charge in [-0.05, 0) is 5.28 Å². The summed E-state index contributed by atoms with van der Waals surface area (Å²) in [7, 11) is 0. The van der Waals surface area contributed by atoms with E-state index >= 15 is 0 Å². The maximum Gasteiger partial charge on any atom is 0.267 e. The van der Waals surface area contributed by atoms with Crippen LogP contribution in [0.4, 0.5) is 0 Å². The highest BCUT2D eigenvalue weighted by Crippen LogP contribution is 2.33. The van der Waals surface area contributed by atoms with E-state index in [4.69, 9.17) is 34.8 Å². The third kappa shape index (κ3) is 6.13. The summed E-state index contributed by atoms with van der Waals surface area (Å²) in [5.74, 6) is 0. The van der Waals surface area contributed by atoms with Crippen molar-refractivity contribution in [1.29, 1.82) is 0 Å². The van der Waals surface area contributed by atoms with Crippen LogP contribution in [0.25, 0.3) is 0 Å². The summed E-state index contributed by atoms with van der Waals surface area (Å²) < 4.78 is -0.997. The zero-order chi connectivity index (χ0) is 8.20. The van der Waals surface area contributed by atoms with Gasteiger partial charge in [0, 0.05) is 0 Å². The van der Waals surface area contributed by atoms with Crippen molar-refractivity contribution in [3.05, 3.63) is 0 Å². The number of hydrogen-bond donors (Lipinski definition) is 0. The summed E-state index contributed by atoms with van der Waals surface area (Å²) in [5, 5.41) is 3.26. The van der Waals surface area contributed by atoms with Crippen molar-refractivity contribution in [2.75, 3.05) is 0 Å². The van der Waals surface area contributed by atoms with Crippen LogP contribution in [-0.4, -0.2) is 17.9 Å². The van der Waals surface area contributed by atoms with Crippen molar-refractivity contribution in [3.8, 4) is 0 Å². The predicted molar refractivity (Wildman–Crippen MR) is 51.8 cm³/mol. The maximum absolute atomic E-state index is 5.65. The molecule has 10 heavy (non-hydrogen) atoms. The Morgan fingerprint density at radius 1 is 1.10 bits per heavy atom. The number of alkyl halides is 3. The van der Waals surface area contributed by atoms with Gasteiger partial charge in [0.05, 0.1) is 0 Å². The van der Waals surface area contributed by atoms with Gasteiger partial charge in [0.25, 0.3) is 14.1 Å². The van der Waals surface area contributed by atoms with E-state index in [9.17, 15) is 0 Å². The lowest BCUT2D eigenvalue weighted by molar-refractivity contribution is 1.15. The molecule has 60 valence electrons. The summed E-state index contributed by atoms with van der Waals surface area (Å²) in [6.45, 7) is 4.35. The molecule has 0 aromatic rings. The van der Waals surface area contributed by atoms with Crippen LogP contribution in [0.5, 0.6) is 0 Å². The van der Waals surface area contributed by atoms with Gasteiger partial charge in [0.1, 0.15) is 0 Å². The molecule has 0 aromatic carbocycles. The van der Waals surface area contributed by atoms with Crippen LogP contribution in [0, 0.1) is 0 Å². The van der Waals surface area contributed by atoms with Gasteiger partial charge in [-0.2, -0.15) is 0 Å². The molecule has 0 atom stereocenters. The van der Waals surface area contributed by atoms with E-state index < -0.39 is 17.9 Å². The van der Waals surface area contributed by atoms with Crippen LogP contribution in [0.1, 0.15) is 13.8 Å². The fourth-order valence-electron chi connectivity index (χ4n) is 0.905. The maximum atomic E-state index is 5.65. The Hall–Kier alpha value is 1.40. The van der Waals surface area contributed by atoms with Gasteiger partial charge in [0.15, 0.2) is 3.79 Å². The summed E-state index contributed by atoms with van der Waals surface area (Å²) in [4.78, 5) is 0. The Morgan fingerprint density at radius 2 is 1.50 bits per heavy atom. The first-order chi connectivity index (χ1) is 4.49. The van der Waals surface area contributed by atoms with Gasteiger partial charge < -0.3 is 0 Å². The second-order valence-electron chi connectivity index (χ2n) is 2.50. The number of rotatable bonds is 3. The molecular weight excluding hydrogens is 205 g/mol. The Kier molecular flexibility index (Phi) is 5.84. The third-order valence-electron chi connectivity index (χ3n) is 1.67. The lowest BCUT2D eigenvalue weighted by Gasteiger charge is -2.13. The monoisotopic (exact) mass is 216 g/mol. The van der Waals surface area contributed by atoms with Crippen molar-refractivity contribution in [3.63, 3.8) is 0 Å². The smallest absolute Gasteiger partial charge is 0.0966 e. The van der Waals surface area contributed by atoms with Crippen LogP contribution in [-0.2, 0) is 0 Å². The predicted octanol–water partition coefficient (Wildman–Crippen LogP) is 3.89. The summed E-state index contributed by atoms with van der Waals surface area (Å²) in [6, 6.07) is 0. The van der Waals surface area contributed by atoms with Crippen molar-refractivity contribution < 1.29 is 0 Å². The lowest BCUT2D eigenvalue weighted by Crippen LogP contribution is -2.17. The second-order valence-corrected chi connectivity index (χ2v) is 8.79. The Balaban J connectivity index is 3.63. The molecule has 0 radical (unpaired) electrons. The molecule has 0 nitrogen and oxygen atoms in total. The first-order valence-electron chi connectivity index (χ1n) is 3.56. The van der Waals surface area contributed by atoms with E-state index in [2.05, 4.69) is 13.8 Å². The van der Waals surface area contributed by atoms with Gasteiger partial charge in [-0.1, -0.05) is 59.2 Å². The topological polar surface area (TPSA) is 0 Å². The highest BCUT2D eigenvalue weighted by atomic mass is 35.6. The van der Waals surface area contributed by atoms with E-state index in [1.165, 1.54) is 10.6 Å². The molecule has 0 heterocycles. The molecule has 0 fully saturated rings. The fourth-order valence-corrected chi connectivity index (χ4v) is 4.68. The molecule has 0 bridgehead atoms. The van der Waals surface area contributed by atoms with E-state index in [0.717, 1.165) is 5.28 Å². The molecule has 0 aromatic heterocycles. The number of hydrogen-bond acceptors (Lipinski definition) is 0. The van der Waals surface area contributed by atoms with Crippen LogP contribution < -0.4 is 0 Å². The van der Waals surface area contributed by atoms with Gasteiger partial charge >= 0.3 is 0 Å². The van der Waals surface area contributed by atoms with Crippen molar-refractivity contribution in [2.24, 2.45) is 0 Å². The van der Waals surface area contributed by atoms with E-state index in [0.29, 0.717) is 0 Å². The van der Waals surface area contributed by atoms with Gasteiger partial charge in [-0.15, -0.1) is 0 Å². The minimum atomic E-state index is -0.997. The molecule has 0 N–H and O–H groups in total. The molecular formula is C6H12AlCl3. The summed E-state index contributed by atoms with van der Waals surface area (Å²) >= 11 is 16.2. The second kappa shape index (κ2) is 5.12. The average molecular weight is 218 g/mol. The minimum Gasteiger partial charge on any atom is -0.0966 e. The molecule has 0 amide bonds. The van der Waals surface area contributed by atoms with Crippen molar-refractivity contribution in [1.82, 2.24) is 0 Å². The first kappa shape index (κ1) is 11.4. The fraction of sp³-hybridized carbons (Fsp3) is 1.00. The Labute approximate surface area is 82.2 Å². The highest BCUT2D eigenvalue weighted by molar-refractivity contribution is 6.73. The van der Waals surface area contributed by atoms with Crippen LogP contribution >= 0.6 is 34.8 Å². The molecule has 4 heteroatoms. The van der Waals surface area contributed by atoms with Crippen LogP contribution in [0.3, 0.4) is 0 Å². The SMILES string of the molecule is C[CH2][Al]([CH2]C)[CH2]C(Cl)(Cl)Cl. The highest BCUT2D eigenvalue weighted by Gasteiger charge is 2.26. The quantitative estimate of drug-likeness (QED) is 0.497. The minimum absolute atomic E-state index is 0.713. The largest absolute Gasteiger partial charge is 0.267 e. The molecule has 0 spiro atoms. The van der Waals surface area contributed by atoms with E-state index in [-0.39, 0.29) is 0 Å². The number of halogens is 3. The normalized spacial score (nSPS) is 11.7. The molecule has 0 aliphatic heterocycles. The van der Waals surface area contributed by atoms with Gasteiger partial charge in [0.2, 0.25) is 0 Å². The van der Waals surface area contributed by atoms with E-state index in [1.54, 1.807) is 0 Å². The molecule has 0 unspecified atom stereocenters. The zero-order valence-corrected chi connectivity index (χ0v) is 9.76. The van der Waals surface area contributed by atoms with E-state index in [1.807, 2.05) is 0 Å². The molecule has 0 saturated heterocycles. The summed E-state index contributed by atoms with van der Waals surface area (Å²) in [6.07, 6.45) is 0. The molecule has 0 saturated carbocycles. The van der Waals surface area contributed by atoms with Crippen LogP contribution in [0.2, 0.25) is 15.8 Å². The standard InChI is InChI=1S/C2H2Cl3.2C2H5.Al/c1-2(3,4)5;2*1-2;/h1H2;2*1H2,2H3;. The van der Waals surface area contributed by atoms with Crippen LogP contribution in [0.15, 0.2) is 0 Å². The summed E-state index contributed by atoms with van der Waals surface area (Å²) in [5.41, 5.74) is 0. The van der Waals surface area contributed by atoms with Gasteiger partial charge in [-0.3, -0.25) is 0 Å². The Morgan fingerprint density at radius 3 is 1.60 bits per heavy atom. The lowest BCUT2D eigenvalue weighted by atomic mass is 10.9. The Bertz CT molecular complexity index is 85.5. The third-order valence-corrected chi connectivity index (χ3v) is 6.41. The average Bonchev–Trinajstić information content (AvgIpc) is 1.81. The van der Waals surface area contributed by atoms with Gasteiger partial charge in [-0.25, -0.2) is 0 Å². The molecule has 0 rings (SSSR count). The molecule has 0 aliphatic rings. The first-order valence-corrected chi connectivity index (χ1v) is 7.14. The van der Waals surface area contributed by atoms with Crippen molar-refractivity contribution >= 4 is 49.0 Å². The zero-order valence-electron chi connectivity index (χ0n) is 6.33.